The average Bonchev–Trinajstić information content (AvgIpc) is 3.24. The molecule has 0 aromatic heterocycles. The van der Waals surface area contributed by atoms with Gasteiger partial charge >= 0.3 is 0 Å². The van der Waals surface area contributed by atoms with E-state index in [-0.39, 0.29) is 11.8 Å². The molecular weight excluding hydrogens is 254 g/mol. The van der Waals surface area contributed by atoms with E-state index in [1.807, 2.05) is 6.92 Å². The molecule has 0 radical (unpaired) electrons. The van der Waals surface area contributed by atoms with Crippen molar-refractivity contribution in [2.45, 2.75) is 19.8 Å². The van der Waals surface area contributed by atoms with Crippen molar-refractivity contribution in [3.63, 3.8) is 0 Å². The summed E-state index contributed by atoms with van der Waals surface area (Å²) in [6, 6.07) is 5.32. The fraction of sp³-hybridized carbons (Fsp3) is 0.467. The number of nitrogens with one attached hydrogen (secondary N) is 3. The first-order valence-electron chi connectivity index (χ1n) is 6.94. The van der Waals surface area contributed by atoms with Gasteiger partial charge < -0.3 is 16.0 Å². The summed E-state index contributed by atoms with van der Waals surface area (Å²) in [6.07, 6.45) is 2.53. The summed E-state index contributed by atoms with van der Waals surface area (Å²) in [5.74, 6) is 0.523. The van der Waals surface area contributed by atoms with Crippen LogP contribution in [0.1, 0.15) is 28.8 Å². The van der Waals surface area contributed by atoms with Crippen LogP contribution < -0.4 is 16.0 Å². The van der Waals surface area contributed by atoms with E-state index in [0.717, 1.165) is 18.0 Å². The van der Waals surface area contributed by atoms with Crippen LogP contribution in [0.4, 0.5) is 5.69 Å². The fourth-order valence-corrected chi connectivity index (χ4v) is 2.06. The standard InChI is InChI=1S/C15H21N3O2/c1-10-12(15(20)16-2)4-3-5-13(10)18-14(19)9-17-8-11-6-7-11/h3-5,11,17H,6-9H2,1-2H3,(H,16,20)(H,18,19). The van der Waals surface area contributed by atoms with Gasteiger partial charge in [0.1, 0.15) is 0 Å². The van der Waals surface area contributed by atoms with Gasteiger partial charge in [-0.15, -0.1) is 0 Å². The summed E-state index contributed by atoms with van der Waals surface area (Å²) >= 11 is 0. The number of anilines is 1. The molecule has 1 saturated carbocycles. The van der Waals surface area contributed by atoms with Crippen LogP contribution >= 0.6 is 0 Å². The summed E-state index contributed by atoms with van der Waals surface area (Å²) in [5, 5.41) is 8.58. The second-order valence-electron chi connectivity index (χ2n) is 5.18. The molecule has 1 aromatic rings. The van der Waals surface area contributed by atoms with Crippen LogP contribution in [-0.4, -0.2) is 32.0 Å². The maximum atomic E-state index is 11.8. The molecule has 0 aliphatic heterocycles. The van der Waals surface area contributed by atoms with Crippen molar-refractivity contribution in [3.05, 3.63) is 29.3 Å². The molecule has 5 heteroatoms. The summed E-state index contributed by atoms with van der Waals surface area (Å²) in [7, 11) is 1.59. The van der Waals surface area contributed by atoms with Crippen molar-refractivity contribution >= 4 is 17.5 Å². The van der Waals surface area contributed by atoms with Gasteiger partial charge in [0.05, 0.1) is 6.54 Å². The van der Waals surface area contributed by atoms with Gasteiger partial charge in [-0.3, -0.25) is 9.59 Å². The first-order chi connectivity index (χ1) is 9.61. The van der Waals surface area contributed by atoms with Crippen LogP contribution in [0.25, 0.3) is 0 Å². The number of benzene rings is 1. The fourth-order valence-electron chi connectivity index (χ4n) is 2.06. The lowest BCUT2D eigenvalue weighted by Crippen LogP contribution is -2.30. The number of rotatable bonds is 6. The first kappa shape index (κ1) is 14.5. The lowest BCUT2D eigenvalue weighted by Gasteiger charge is -2.12. The topological polar surface area (TPSA) is 70.2 Å². The van der Waals surface area contributed by atoms with Crippen LogP contribution in [0.5, 0.6) is 0 Å². The van der Waals surface area contributed by atoms with Gasteiger partial charge in [0.2, 0.25) is 5.91 Å². The largest absolute Gasteiger partial charge is 0.355 e. The Morgan fingerprint density at radius 1 is 1.30 bits per heavy atom. The van der Waals surface area contributed by atoms with E-state index in [1.165, 1.54) is 12.8 Å². The predicted molar refractivity (Wildman–Crippen MR) is 78.8 cm³/mol. The predicted octanol–water partition coefficient (Wildman–Crippen LogP) is 1.29. The molecular formula is C15H21N3O2. The molecule has 0 saturated heterocycles. The summed E-state index contributed by atoms with van der Waals surface area (Å²) in [6.45, 7) is 3.04. The summed E-state index contributed by atoms with van der Waals surface area (Å²) in [5.41, 5.74) is 2.04. The first-order valence-corrected chi connectivity index (χ1v) is 6.94. The third-order valence-corrected chi connectivity index (χ3v) is 3.50. The summed E-state index contributed by atoms with van der Waals surface area (Å²) < 4.78 is 0. The van der Waals surface area contributed by atoms with Gasteiger partial charge in [-0.2, -0.15) is 0 Å². The van der Waals surface area contributed by atoms with Gasteiger partial charge in [0, 0.05) is 18.3 Å². The maximum Gasteiger partial charge on any atom is 0.251 e. The maximum absolute atomic E-state index is 11.8. The van der Waals surface area contributed by atoms with E-state index >= 15 is 0 Å². The zero-order valence-corrected chi connectivity index (χ0v) is 12.0. The third kappa shape index (κ3) is 3.81. The highest BCUT2D eigenvalue weighted by Crippen LogP contribution is 2.27. The van der Waals surface area contributed by atoms with Crippen LogP contribution in [-0.2, 0) is 4.79 Å². The van der Waals surface area contributed by atoms with E-state index in [0.29, 0.717) is 17.8 Å². The Hall–Kier alpha value is -1.88. The van der Waals surface area contributed by atoms with Gasteiger partial charge in [-0.1, -0.05) is 6.07 Å². The second kappa shape index (κ2) is 6.52. The quantitative estimate of drug-likeness (QED) is 0.732. The van der Waals surface area contributed by atoms with Crippen LogP contribution in [0.3, 0.4) is 0 Å². The van der Waals surface area contributed by atoms with Crippen molar-refractivity contribution in [2.75, 3.05) is 25.5 Å². The van der Waals surface area contributed by atoms with Crippen LogP contribution in [0.2, 0.25) is 0 Å². The monoisotopic (exact) mass is 275 g/mol. The average molecular weight is 275 g/mol. The Balaban J connectivity index is 1.93. The Morgan fingerprint density at radius 2 is 2.05 bits per heavy atom. The Morgan fingerprint density at radius 3 is 2.70 bits per heavy atom. The molecule has 5 nitrogen and oxygen atoms in total. The minimum atomic E-state index is -0.148. The number of hydrogen-bond acceptors (Lipinski definition) is 3. The van der Waals surface area contributed by atoms with Gasteiger partial charge in [0.15, 0.2) is 0 Å². The Bertz CT molecular complexity index is 510. The molecule has 108 valence electrons. The molecule has 1 fully saturated rings. The Kier molecular flexibility index (Phi) is 4.74. The van der Waals surface area contributed by atoms with Crippen molar-refractivity contribution in [1.29, 1.82) is 0 Å². The molecule has 2 rings (SSSR count). The molecule has 1 aromatic carbocycles. The smallest absolute Gasteiger partial charge is 0.251 e. The second-order valence-corrected chi connectivity index (χ2v) is 5.18. The number of hydrogen-bond donors (Lipinski definition) is 3. The van der Waals surface area contributed by atoms with E-state index in [4.69, 9.17) is 0 Å². The molecule has 3 N–H and O–H groups in total. The minimum absolute atomic E-state index is 0.0807. The van der Waals surface area contributed by atoms with Gasteiger partial charge in [0.25, 0.3) is 5.91 Å². The third-order valence-electron chi connectivity index (χ3n) is 3.50. The van der Waals surface area contributed by atoms with Crippen molar-refractivity contribution in [3.8, 4) is 0 Å². The normalized spacial score (nSPS) is 13.9. The highest BCUT2D eigenvalue weighted by atomic mass is 16.2. The highest BCUT2D eigenvalue weighted by Gasteiger charge is 2.20. The van der Waals surface area contributed by atoms with Gasteiger partial charge in [-0.05, 0) is 49.9 Å². The number of carbonyl (C=O) groups is 2. The van der Waals surface area contributed by atoms with Crippen molar-refractivity contribution in [2.24, 2.45) is 5.92 Å². The molecule has 0 spiro atoms. The van der Waals surface area contributed by atoms with E-state index in [1.54, 1.807) is 25.2 Å². The summed E-state index contributed by atoms with van der Waals surface area (Å²) in [4.78, 5) is 23.5. The van der Waals surface area contributed by atoms with E-state index in [2.05, 4.69) is 16.0 Å². The van der Waals surface area contributed by atoms with Crippen LogP contribution in [0, 0.1) is 12.8 Å². The molecule has 1 aliphatic rings. The molecule has 2 amide bonds. The molecule has 20 heavy (non-hydrogen) atoms. The Labute approximate surface area is 119 Å². The zero-order chi connectivity index (χ0) is 14.5. The lowest BCUT2D eigenvalue weighted by molar-refractivity contribution is -0.115. The van der Waals surface area contributed by atoms with E-state index in [9.17, 15) is 9.59 Å². The number of amides is 2. The van der Waals surface area contributed by atoms with Crippen LogP contribution in [0.15, 0.2) is 18.2 Å². The zero-order valence-electron chi connectivity index (χ0n) is 12.0. The minimum Gasteiger partial charge on any atom is -0.355 e. The van der Waals surface area contributed by atoms with Crippen molar-refractivity contribution in [1.82, 2.24) is 10.6 Å². The molecule has 0 bridgehead atoms. The lowest BCUT2D eigenvalue weighted by atomic mass is 10.1. The number of carbonyl (C=O) groups excluding carboxylic acids is 2. The SMILES string of the molecule is CNC(=O)c1cccc(NC(=O)CNCC2CC2)c1C. The van der Waals surface area contributed by atoms with E-state index < -0.39 is 0 Å². The molecule has 0 atom stereocenters. The molecule has 0 heterocycles. The molecule has 1 aliphatic carbocycles. The molecule has 0 unspecified atom stereocenters. The van der Waals surface area contributed by atoms with Gasteiger partial charge in [-0.25, -0.2) is 0 Å². The van der Waals surface area contributed by atoms with Crippen molar-refractivity contribution < 1.29 is 9.59 Å². The highest BCUT2D eigenvalue weighted by molar-refractivity contribution is 5.99.